The van der Waals surface area contributed by atoms with Crippen molar-refractivity contribution < 1.29 is 14.3 Å². The van der Waals surface area contributed by atoms with Gasteiger partial charge in [-0.1, -0.05) is 13.8 Å². The first-order valence-electron chi connectivity index (χ1n) is 5.40. The summed E-state index contributed by atoms with van der Waals surface area (Å²) in [5.41, 5.74) is 0.611. The zero-order valence-electron chi connectivity index (χ0n) is 10.4. The van der Waals surface area contributed by atoms with E-state index in [9.17, 15) is 4.79 Å². The third-order valence-electron chi connectivity index (χ3n) is 1.86. The van der Waals surface area contributed by atoms with Crippen molar-refractivity contribution in [1.82, 2.24) is 0 Å². The van der Waals surface area contributed by atoms with E-state index in [2.05, 4.69) is 13.8 Å². The Bertz CT molecular complexity index is 217. The van der Waals surface area contributed by atoms with Crippen molar-refractivity contribution in [3.63, 3.8) is 0 Å². The highest BCUT2D eigenvalue weighted by Gasteiger charge is 2.13. The molecule has 15 heavy (non-hydrogen) atoms. The SMILES string of the molecule is COC=C(CCC(C)C)C(=O)OC(C)C. The lowest BCUT2D eigenvalue weighted by molar-refractivity contribution is -0.143. The van der Waals surface area contributed by atoms with E-state index >= 15 is 0 Å². The van der Waals surface area contributed by atoms with Crippen molar-refractivity contribution in [3.8, 4) is 0 Å². The van der Waals surface area contributed by atoms with Crippen LogP contribution in [0.15, 0.2) is 11.8 Å². The number of ether oxygens (including phenoxy) is 2. The second kappa shape index (κ2) is 7.32. The Hall–Kier alpha value is -0.990. The smallest absolute Gasteiger partial charge is 0.337 e. The van der Waals surface area contributed by atoms with E-state index in [0.29, 0.717) is 17.9 Å². The van der Waals surface area contributed by atoms with Crippen LogP contribution in [0.4, 0.5) is 0 Å². The second-order valence-electron chi connectivity index (χ2n) is 4.27. The molecule has 0 N–H and O–H groups in total. The molecule has 0 fully saturated rings. The molecule has 0 unspecified atom stereocenters. The number of methoxy groups -OCH3 is 1. The molecule has 0 spiro atoms. The summed E-state index contributed by atoms with van der Waals surface area (Å²) in [4.78, 5) is 11.6. The summed E-state index contributed by atoms with van der Waals surface area (Å²) >= 11 is 0. The minimum Gasteiger partial charge on any atom is -0.504 e. The average molecular weight is 214 g/mol. The zero-order chi connectivity index (χ0) is 11.8. The molecule has 0 aromatic heterocycles. The van der Waals surface area contributed by atoms with E-state index in [1.807, 2.05) is 13.8 Å². The molecule has 0 saturated heterocycles. The van der Waals surface area contributed by atoms with Crippen molar-refractivity contribution in [3.05, 3.63) is 11.8 Å². The van der Waals surface area contributed by atoms with Crippen LogP contribution >= 0.6 is 0 Å². The molecule has 0 aliphatic rings. The largest absolute Gasteiger partial charge is 0.504 e. The lowest BCUT2D eigenvalue weighted by Crippen LogP contribution is -2.14. The normalized spacial score (nSPS) is 12.1. The molecule has 0 rings (SSSR count). The van der Waals surface area contributed by atoms with Gasteiger partial charge in [-0.2, -0.15) is 0 Å². The number of carbonyl (C=O) groups is 1. The number of carbonyl (C=O) groups excluding carboxylic acids is 1. The highest BCUT2D eigenvalue weighted by atomic mass is 16.5. The molecule has 3 nitrogen and oxygen atoms in total. The zero-order valence-corrected chi connectivity index (χ0v) is 10.4. The maximum Gasteiger partial charge on any atom is 0.337 e. The van der Waals surface area contributed by atoms with Crippen molar-refractivity contribution in [2.24, 2.45) is 5.92 Å². The van der Waals surface area contributed by atoms with Crippen molar-refractivity contribution in [2.45, 2.75) is 46.6 Å². The quantitative estimate of drug-likeness (QED) is 0.387. The molecule has 0 heterocycles. The lowest BCUT2D eigenvalue weighted by atomic mass is 10.0. The maximum atomic E-state index is 11.6. The van der Waals surface area contributed by atoms with Gasteiger partial charge in [-0.05, 0) is 32.6 Å². The predicted octanol–water partition coefficient (Wildman–Crippen LogP) is 2.90. The Morgan fingerprint density at radius 3 is 2.27 bits per heavy atom. The Morgan fingerprint density at radius 2 is 1.87 bits per heavy atom. The molecule has 0 aliphatic heterocycles. The average Bonchev–Trinajstić information content (AvgIpc) is 2.10. The van der Waals surface area contributed by atoms with Gasteiger partial charge in [-0.15, -0.1) is 0 Å². The molecule has 0 atom stereocenters. The van der Waals surface area contributed by atoms with Gasteiger partial charge in [-0.25, -0.2) is 4.79 Å². The monoisotopic (exact) mass is 214 g/mol. The summed E-state index contributed by atoms with van der Waals surface area (Å²) in [5.74, 6) is 0.296. The standard InChI is InChI=1S/C12H22O3/c1-9(2)6-7-11(8-14-5)12(13)15-10(3)4/h8-10H,6-7H2,1-5H3. The fourth-order valence-electron chi connectivity index (χ4n) is 1.09. The summed E-state index contributed by atoms with van der Waals surface area (Å²) in [6.07, 6.45) is 3.06. The fraction of sp³-hybridized carbons (Fsp3) is 0.750. The van der Waals surface area contributed by atoms with Crippen LogP contribution in [0, 0.1) is 5.92 Å². The van der Waals surface area contributed by atoms with Crippen molar-refractivity contribution in [1.29, 1.82) is 0 Å². The number of hydrogen-bond donors (Lipinski definition) is 0. The highest BCUT2D eigenvalue weighted by molar-refractivity contribution is 5.88. The van der Waals surface area contributed by atoms with Crippen LogP contribution in [0.2, 0.25) is 0 Å². The van der Waals surface area contributed by atoms with Gasteiger partial charge in [0.25, 0.3) is 0 Å². The van der Waals surface area contributed by atoms with Gasteiger partial charge in [0.15, 0.2) is 0 Å². The Kier molecular flexibility index (Phi) is 6.84. The van der Waals surface area contributed by atoms with Crippen LogP contribution in [-0.4, -0.2) is 19.2 Å². The molecule has 0 aromatic rings. The third kappa shape index (κ3) is 7.00. The van der Waals surface area contributed by atoms with Gasteiger partial charge < -0.3 is 9.47 Å². The lowest BCUT2D eigenvalue weighted by Gasteiger charge is -2.11. The van der Waals surface area contributed by atoms with E-state index in [0.717, 1.165) is 6.42 Å². The van der Waals surface area contributed by atoms with Gasteiger partial charge in [0.2, 0.25) is 0 Å². The predicted molar refractivity (Wildman–Crippen MR) is 60.4 cm³/mol. The Morgan fingerprint density at radius 1 is 1.27 bits per heavy atom. The summed E-state index contributed by atoms with van der Waals surface area (Å²) in [6, 6.07) is 0. The van der Waals surface area contributed by atoms with Gasteiger partial charge in [0.05, 0.1) is 25.0 Å². The van der Waals surface area contributed by atoms with E-state index in [-0.39, 0.29) is 12.1 Å². The molecule has 0 bridgehead atoms. The van der Waals surface area contributed by atoms with E-state index < -0.39 is 0 Å². The maximum absolute atomic E-state index is 11.6. The van der Waals surface area contributed by atoms with Crippen LogP contribution < -0.4 is 0 Å². The summed E-state index contributed by atoms with van der Waals surface area (Å²) in [6.45, 7) is 7.92. The fourth-order valence-corrected chi connectivity index (χ4v) is 1.09. The van der Waals surface area contributed by atoms with Gasteiger partial charge in [0.1, 0.15) is 0 Å². The Labute approximate surface area is 92.5 Å². The first-order chi connectivity index (χ1) is 6.97. The van der Waals surface area contributed by atoms with Gasteiger partial charge in [-0.3, -0.25) is 0 Å². The molecule has 0 saturated carbocycles. The minimum atomic E-state index is -0.271. The van der Waals surface area contributed by atoms with Crippen LogP contribution in [-0.2, 0) is 14.3 Å². The summed E-state index contributed by atoms with van der Waals surface area (Å²) < 4.78 is 9.99. The molecule has 0 amide bonds. The number of rotatable bonds is 6. The molecular formula is C12H22O3. The minimum absolute atomic E-state index is 0.0863. The van der Waals surface area contributed by atoms with Crippen LogP contribution in [0.1, 0.15) is 40.5 Å². The molecule has 88 valence electrons. The summed E-state index contributed by atoms with van der Waals surface area (Å²) in [7, 11) is 1.54. The second-order valence-corrected chi connectivity index (χ2v) is 4.27. The van der Waals surface area contributed by atoms with Crippen molar-refractivity contribution >= 4 is 5.97 Å². The van der Waals surface area contributed by atoms with Crippen molar-refractivity contribution in [2.75, 3.05) is 7.11 Å². The first kappa shape index (κ1) is 14.0. The van der Waals surface area contributed by atoms with Crippen LogP contribution in [0.25, 0.3) is 0 Å². The highest BCUT2D eigenvalue weighted by Crippen LogP contribution is 2.13. The Balaban J connectivity index is 4.26. The first-order valence-corrected chi connectivity index (χ1v) is 5.40. The molecule has 0 radical (unpaired) electrons. The van der Waals surface area contributed by atoms with Gasteiger partial charge >= 0.3 is 5.97 Å². The van der Waals surface area contributed by atoms with Crippen LogP contribution in [0.5, 0.6) is 0 Å². The third-order valence-corrected chi connectivity index (χ3v) is 1.86. The van der Waals surface area contributed by atoms with Crippen LogP contribution in [0.3, 0.4) is 0 Å². The number of esters is 1. The molecule has 0 aliphatic carbocycles. The molecular weight excluding hydrogens is 192 g/mol. The topological polar surface area (TPSA) is 35.5 Å². The molecule has 3 heteroatoms. The van der Waals surface area contributed by atoms with Gasteiger partial charge in [0, 0.05) is 0 Å². The van der Waals surface area contributed by atoms with E-state index in [1.54, 1.807) is 0 Å². The number of hydrogen-bond acceptors (Lipinski definition) is 3. The van der Waals surface area contributed by atoms with E-state index in [4.69, 9.17) is 9.47 Å². The van der Waals surface area contributed by atoms with E-state index in [1.165, 1.54) is 13.4 Å². The molecule has 0 aromatic carbocycles. The summed E-state index contributed by atoms with van der Waals surface area (Å²) in [5, 5.41) is 0.